The molecule has 3 aromatic rings. The van der Waals surface area contributed by atoms with Crippen molar-refractivity contribution in [3.05, 3.63) is 47.0 Å². The number of hydrogen-bond donors (Lipinski definition) is 3. The number of anilines is 3. The van der Waals surface area contributed by atoms with Crippen molar-refractivity contribution in [2.45, 2.75) is 24.4 Å². The predicted octanol–water partition coefficient (Wildman–Crippen LogP) is 3.38. The van der Waals surface area contributed by atoms with E-state index in [0.29, 0.717) is 21.5 Å². The Hall–Kier alpha value is -3.11. The number of methoxy groups -OCH3 is 1. The molecule has 0 fully saturated rings. The second-order valence-corrected chi connectivity index (χ2v) is 8.99. The summed E-state index contributed by atoms with van der Waals surface area (Å²) in [6, 6.07) is 9.60. The predicted molar refractivity (Wildman–Crippen MR) is 123 cm³/mol. The van der Waals surface area contributed by atoms with Gasteiger partial charge in [0.1, 0.15) is 16.6 Å². The summed E-state index contributed by atoms with van der Waals surface area (Å²) in [6.45, 7) is 0. The molecule has 5 N–H and O–H groups in total. The highest BCUT2D eigenvalue weighted by molar-refractivity contribution is 7.99. The summed E-state index contributed by atoms with van der Waals surface area (Å²) < 4.78 is 5.00. The maximum atomic E-state index is 12.6. The maximum absolute atomic E-state index is 12.6. The molecule has 10 heteroatoms. The number of nitrogens with two attached hydrogens (primary N) is 2. The number of nitrogens with zero attached hydrogens (tertiary/aromatic N) is 2. The van der Waals surface area contributed by atoms with Crippen LogP contribution in [0.5, 0.6) is 0 Å². The number of thiophene rings is 1. The molecule has 2 heterocycles. The van der Waals surface area contributed by atoms with Crippen LogP contribution in [-0.4, -0.2) is 34.7 Å². The van der Waals surface area contributed by atoms with Crippen LogP contribution in [0.3, 0.4) is 0 Å². The first-order chi connectivity index (χ1) is 15.0. The van der Waals surface area contributed by atoms with Gasteiger partial charge in [-0.3, -0.25) is 4.79 Å². The van der Waals surface area contributed by atoms with E-state index in [4.69, 9.17) is 16.2 Å². The summed E-state index contributed by atoms with van der Waals surface area (Å²) in [5, 5.41) is 3.84. The van der Waals surface area contributed by atoms with E-state index in [1.165, 1.54) is 41.8 Å². The number of benzene rings is 1. The van der Waals surface area contributed by atoms with Crippen molar-refractivity contribution in [3.63, 3.8) is 0 Å². The van der Waals surface area contributed by atoms with Gasteiger partial charge in [0.15, 0.2) is 5.16 Å². The molecule has 160 valence electrons. The van der Waals surface area contributed by atoms with Crippen LogP contribution in [0.15, 0.2) is 35.5 Å². The monoisotopic (exact) mass is 455 g/mol. The van der Waals surface area contributed by atoms with E-state index >= 15 is 0 Å². The number of ether oxygens (including phenoxy) is 1. The minimum absolute atomic E-state index is 0.207. The van der Waals surface area contributed by atoms with E-state index in [1.807, 2.05) is 18.2 Å². The summed E-state index contributed by atoms with van der Waals surface area (Å²) in [6.07, 6.45) is 1.78. The number of hydrogen-bond acceptors (Lipinski definition) is 9. The molecule has 4 rings (SSSR count). The summed E-state index contributed by atoms with van der Waals surface area (Å²) in [4.78, 5) is 34.3. The minimum atomic E-state index is -0.440. The van der Waals surface area contributed by atoms with Crippen molar-refractivity contribution in [1.82, 2.24) is 9.97 Å². The van der Waals surface area contributed by atoms with Gasteiger partial charge in [-0.15, -0.1) is 11.3 Å². The number of rotatable bonds is 6. The van der Waals surface area contributed by atoms with Crippen molar-refractivity contribution in [3.8, 4) is 10.4 Å². The van der Waals surface area contributed by atoms with Crippen LogP contribution < -0.4 is 16.8 Å². The highest BCUT2D eigenvalue weighted by Crippen LogP contribution is 2.45. The van der Waals surface area contributed by atoms with Gasteiger partial charge in [-0.05, 0) is 29.5 Å². The van der Waals surface area contributed by atoms with E-state index in [2.05, 4.69) is 21.4 Å². The van der Waals surface area contributed by atoms with Gasteiger partial charge in [0.25, 0.3) is 0 Å². The molecule has 0 spiro atoms. The van der Waals surface area contributed by atoms with Gasteiger partial charge < -0.3 is 21.5 Å². The molecule has 1 amide bonds. The third-order valence-electron chi connectivity index (χ3n) is 4.86. The van der Waals surface area contributed by atoms with Crippen molar-refractivity contribution >= 4 is 51.6 Å². The van der Waals surface area contributed by atoms with E-state index in [1.54, 1.807) is 0 Å². The first kappa shape index (κ1) is 21.1. The third kappa shape index (κ3) is 4.49. The van der Waals surface area contributed by atoms with Crippen molar-refractivity contribution < 1.29 is 14.3 Å². The van der Waals surface area contributed by atoms with Gasteiger partial charge in [0.05, 0.1) is 12.7 Å². The quantitative estimate of drug-likeness (QED) is 0.293. The SMILES string of the molecule is COC(=O)c1c(NC(=O)CCSc2nc(N)cc(N)n2)sc2c1CCc1ccccc1-2. The molecule has 0 atom stereocenters. The van der Waals surface area contributed by atoms with E-state index in [9.17, 15) is 9.59 Å². The Morgan fingerprint density at radius 3 is 2.68 bits per heavy atom. The Kier molecular flexibility index (Phi) is 6.10. The Morgan fingerprint density at radius 1 is 1.19 bits per heavy atom. The van der Waals surface area contributed by atoms with Crippen molar-refractivity contribution in [2.24, 2.45) is 0 Å². The fourth-order valence-electron chi connectivity index (χ4n) is 3.50. The highest BCUT2D eigenvalue weighted by atomic mass is 32.2. The zero-order valence-corrected chi connectivity index (χ0v) is 18.4. The molecule has 31 heavy (non-hydrogen) atoms. The lowest BCUT2D eigenvalue weighted by Crippen LogP contribution is -2.15. The number of nitrogens with one attached hydrogen (secondary N) is 1. The number of aromatic nitrogens is 2. The highest BCUT2D eigenvalue weighted by Gasteiger charge is 2.29. The summed E-state index contributed by atoms with van der Waals surface area (Å²) in [7, 11) is 1.35. The molecule has 0 aliphatic heterocycles. The minimum Gasteiger partial charge on any atom is -0.465 e. The van der Waals surface area contributed by atoms with Gasteiger partial charge in [0.2, 0.25) is 5.91 Å². The van der Waals surface area contributed by atoms with Crippen molar-refractivity contribution in [2.75, 3.05) is 29.6 Å². The van der Waals surface area contributed by atoms with Crippen LogP contribution in [0.4, 0.5) is 16.6 Å². The fraction of sp³-hybridized carbons (Fsp3) is 0.238. The molecular weight excluding hydrogens is 434 g/mol. The normalized spacial score (nSPS) is 12.0. The van der Waals surface area contributed by atoms with Gasteiger partial charge >= 0.3 is 5.97 Å². The molecular formula is C21H21N5O3S2. The standard InChI is InChI=1S/C21H21N5O3S2/c1-29-20(28)17-13-7-6-11-4-2-3-5-12(11)18(13)31-19(17)26-16(27)8-9-30-21-24-14(22)10-15(23)25-21/h2-5,10H,6-9H2,1H3,(H,26,27)(H4,22,23,24,25). The van der Waals surface area contributed by atoms with Gasteiger partial charge in [-0.1, -0.05) is 36.0 Å². The van der Waals surface area contributed by atoms with Crippen LogP contribution in [0, 0.1) is 0 Å². The Bertz CT molecular complexity index is 1140. The average molecular weight is 456 g/mol. The number of fused-ring (bicyclic) bond motifs is 3. The number of thioether (sulfide) groups is 1. The van der Waals surface area contributed by atoms with Gasteiger partial charge in [-0.2, -0.15) is 0 Å². The summed E-state index contributed by atoms with van der Waals surface area (Å²) in [5.74, 6) is 0.362. The van der Waals surface area contributed by atoms with E-state index in [0.717, 1.165) is 28.8 Å². The Morgan fingerprint density at radius 2 is 1.94 bits per heavy atom. The molecule has 2 aromatic heterocycles. The van der Waals surface area contributed by atoms with Crippen molar-refractivity contribution in [1.29, 1.82) is 0 Å². The second kappa shape index (κ2) is 8.94. The number of carbonyl (C=O) groups excluding carboxylic acids is 2. The summed E-state index contributed by atoms with van der Waals surface area (Å²) in [5.41, 5.74) is 15.1. The average Bonchev–Trinajstić information content (AvgIpc) is 3.10. The molecule has 1 aliphatic rings. The first-order valence-corrected chi connectivity index (χ1v) is 11.4. The van der Waals surface area contributed by atoms with E-state index < -0.39 is 5.97 Å². The molecule has 0 unspecified atom stereocenters. The molecule has 0 saturated heterocycles. The summed E-state index contributed by atoms with van der Waals surface area (Å²) >= 11 is 2.70. The number of carbonyl (C=O) groups is 2. The third-order valence-corrected chi connectivity index (χ3v) is 6.89. The second-order valence-electron chi connectivity index (χ2n) is 6.91. The maximum Gasteiger partial charge on any atom is 0.341 e. The number of amides is 1. The molecule has 8 nitrogen and oxygen atoms in total. The number of nitrogen functional groups attached to an aromatic ring is 2. The molecule has 1 aliphatic carbocycles. The molecule has 0 saturated carbocycles. The first-order valence-electron chi connectivity index (χ1n) is 9.61. The van der Waals surface area contributed by atoms with E-state index in [-0.39, 0.29) is 24.0 Å². The largest absolute Gasteiger partial charge is 0.465 e. The van der Waals surface area contributed by atoms with Gasteiger partial charge in [-0.25, -0.2) is 14.8 Å². The van der Waals surface area contributed by atoms with Crippen LogP contribution in [0.25, 0.3) is 10.4 Å². The smallest absolute Gasteiger partial charge is 0.341 e. The lowest BCUT2D eigenvalue weighted by atomic mass is 9.89. The topological polar surface area (TPSA) is 133 Å². The van der Waals surface area contributed by atoms with Gasteiger partial charge in [0, 0.05) is 23.1 Å². The zero-order valence-electron chi connectivity index (χ0n) is 16.8. The molecule has 1 aromatic carbocycles. The fourth-order valence-corrected chi connectivity index (χ4v) is 5.62. The number of aryl methyl sites for hydroxylation is 1. The van der Waals surface area contributed by atoms with Crippen LogP contribution >= 0.6 is 23.1 Å². The Labute approximate surface area is 187 Å². The lowest BCUT2D eigenvalue weighted by molar-refractivity contribution is -0.115. The van der Waals surface area contributed by atoms with Crippen LogP contribution in [-0.2, 0) is 22.4 Å². The molecule has 0 bridgehead atoms. The molecule has 0 radical (unpaired) electrons. The Balaban J connectivity index is 1.51. The zero-order chi connectivity index (χ0) is 22.0. The van der Waals surface area contributed by atoms with Crippen LogP contribution in [0.1, 0.15) is 27.9 Å². The number of esters is 1. The van der Waals surface area contributed by atoms with Crippen LogP contribution in [0.2, 0.25) is 0 Å². The lowest BCUT2D eigenvalue weighted by Gasteiger charge is -2.16.